The van der Waals surface area contributed by atoms with Crippen LogP contribution in [0.1, 0.15) is 44.3 Å². The molecule has 2 N–H and O–H groups in total. The van der Waals surface area contributed by atoms with Gasteiger partial charge in [-0.25, -0.2) is 8.42 Å². The smallest absolute Gasteiger partial charge is 0.259 e. The highest BCUT2D eigenvalue weighted by Crippen LogP contribution is 2.38. The third-order valence-corrected chi connectivity index (χ3v) is 7.46. The van der Waals surface area contributed by atoms with E-state index in [0.29, 0.717) is 29.5 Å². The Bertz CT molecular complexity index is 918. The van der Waals surface area contributed by atoms with Gasteiger partial charge in [-0.1, -0.05) is 23.2 Å². The van der Waals surface area contributed by atoms with Gasteiger partial charge in [-0.05, 0) is 50.3 Å². The van der Waals surface area contributed by atoms with Gasteiger partial charge in [-0.3, -0.25) is 0 Å². The molecular formula is C17H21ClN4O3S. The monoisotopic (exact) mass is 396 g/mol. The lowest BCUT2D eigenvalue weighted by Crippen LogP contribution is -2.44. The molecule has 1 saturated heterocycles. The lowest BCUT2D eigenvalue weighted by Gasteiger charge is -2.34. The number of benzene rings is 1. The van der Waals surface area contributed by atoms with Crippen LogP contribution >= 0.6 is 11.6 Å². The number of piperidine rings is 1. The van der Waals surface area contributed by atoms with Crippen molar-refractivity contribution in [2.24, 2.45) is 5.73 Å². The summed E-state index contributed by atoms with van der Waals surface area (Å²) in [6.45, 7) is 1.08. The molecule has 0 unspecified atom stereocenters. The highest BCUT2D eigenvalue weighted by atomic mass is 35.5. The minimum atomic E-state index is -3.56. The zero-order valence-corrected chi connectivity index (χ0v) is 15.9. The second-order valence-corrected chi connectivity index (χ2v) is 9.38. The average molecular weight is 397 g/mol. The Morgan fingerprint density at radius 2 is 1.88 bits per heavy atom. The molecule has 2 heterocycles. The minimum Gasteiger partial charge on any atom is -0.334 e. The molecule has 0 atom stereocenters. The van der Waals surface area contributed by atoms with E-state index in [1.807, 2.05) is 0 Å². The molecule has 0 amide bonds. The van der Waals surface area contributed by atoms with Gasteiger partial charge in [0, 0.05) is 13.1 Å². The number of nitrogens with zero attached hydrogens (tertiary/aromatic N) is 3. The maximum atomic E-state index is 12.9. The maximum absolute atomic E-state index is 12.9. The van der Waals surface area contributed by atoms with E-state index in [4.69, 9.17) is 21.9 Å². The highest BCUT2D eigenvalue weighted by molar-refractivity contribution is 7.89. The van der Waals surface area contributed by atoms with Crippen LogP contribution in [-0.4, -0.2) is 36.0 Å². The van der Waals surface area contributed by atoms with E-state index < -0.39 is 15.6 Å². The van der Waals surface area contributed by atoms with Crippen molar-refractivity contribution in [3.05, 3.63) is 29.0 Å². The normalized spacial score (nSPS) is 20.7. The van der Waals surface area contributed by atoms with Crippen LogP contribution < -0.4 is 5.73 Å². The summed E-state index contributed by atoms with van der Waals surface area (Å²) in [5.41, 5.74) is 6.09. The average Bonchev–Trinajstić information content (AvgIpc) is 3.11. The van der Waals surface area contributed by atoms with Gasteiger partial charge in [0.2, 0.25) is 10.0 Å². The highest BCUT2D eigenvalue weighted by Gasteiger charge is 2.39. The van der Waals surface area contributed by atoms with Gasteiger partial charge in [0.15, 0.2) is 5.82 Å². The zero-order valence-electron chi connectivity index (χ0n) is 14.3. The Kier molecular flexibility index (Phi) is 4.54. The van der Waals surface area contributed by atoms with E-state index in [1.54, 1.807) is 6.07 Å². The van der Waals surface area contributed by atoms with Crippen molar-refractivity contribution < 1.29 is 12.9 Å². The van der Waals surface area contributed by atoms with Crippen LogP contribution in [0, 0.1) is 0 Å². The molecule has 1 aromatic heterocycles. The lowest BCUT2D eigenvalue weighted by molar-refractivity contribution is 0.229. The van der Waals surface area contributed by atoms with E-state index >= 15 is 0 Å². The summed E-state index contributed by atoms with van der Waals surface area (Å²) in [5.74, 6) is 0.636. The molecule has 1 aromatic carbocycles. The Balaban J connectivity index is 1.68. The van der Waals surface area contributed by atoms with Crippen LogP contribution in [0.3, 0.4) is 0 Å². The van der Waals surface area contributed by atoms with E-state index in [0.717, 1.165) is 38.5 Å². The molecule has 0 spiro atoms. The topological polar surface area (TPSA) is 102 Å². The van der Waals surface area contributed by atoms with Crippen LogP contribution in [0.15, 0.2) is 27.6 Å². The summed E-state index contributed by atoms with van der Waals surface area (Å²) in [6, 6.07) is 4.58. The quantitative estimate of drug-likeness (QED) is 0.852. The van der Waals surface area contributed by atoms with Gasteiger partial charge in [0.05, 0.1) is 21.0 Å². The van der Waals surface area contributed by atoms with Gasteiger partial charge in [-0.15, -0.1) is 0 Å². The van der Waals surface area contributed by atoms with Crippen molar-refractivity contribution in [3.8, 4) is 11.5 Å². The van der Waals surface area contributed by atoms with Gasteiger partial charge >= 0.3 is 0 Å². The van der Waals surface area contributed by atoms with Crippen LogP contribution in [0.4, 0.5) is 0 Å². The second kappa shape index (κ2) is 6.60. The molecule has 7 nitrogen and oxygen atoms in total. The molecule has 26 heavy (non-hydrogen) atoms. The summed E-state index contributed by atoms with van der Waals surface area (Å²) >= 11 is 6.27. The Hall–Kier alpha value is -1.48. The van der Waals surface area contributed by atoms with Gasteiger partial charge in [0.1, 0.15) is 0 Å². The molecule has 1 aliphatic heterocycles. The number of sulfonamides is 1. The number of hydrogen-bond acceptors (Lipinski definition) is 6. The predicted molar refractivity (Wildman–Crippen MR) is 97.1 cm³/mol. The molecule has 1 aliphatic carbocycles. The molecule has 0 radical (unpaired) electrons. The van der Waals surface area contributed by atoms with E-state index in [-0.39, 0.29) is 10.8 Å². The first-order valence-electron chi connectivity index (χ1n) is 8.83. The third kappa shape index (κ3) is 3.05. The van der Waals surface area contributed by atoms with Crippen LogP contribution in [-0.2, 0) is 15.6 Å². The fourth-order valence-electron chi connectivity index (χ4n) is 3.40. The summed E-state index contributed by atoms with van der Waals surface area (Å²) < 4.78 is 32.6. The van der Waals surface area contributed by atoms with Crippen molar-refractivity contribution in [1.82, 2.24) is 14.4 Å². The maximum Gasteiger partial charge on any atom is 0.259 e. The fourth-order valence-corrected chi connectivity index (χ4v) is 5.14. The minimum absolute atomic E-state index is 0.185. The van der Waals surface area contributed by atoms with Crippen LogP contribution in [0.5, 0.6) is 0 Å². The van der Waals surface area contributed by atoms with Gasteiger partial charge in [0.25, 0.3) is 5.89 Å². The number of aromatic nitrogens is 2. The predicted octanol–water partition coefficient (Wildman–Crippen LogP) is 2.90. The summed E-state index contributed by atoms with van der Waals surface area (Å²) in [5, 5.41) is 4.34. The van der Waals surface area contributed by atoms with Gasteiger partial charge < -0.3 is 10.3 Å². The number of hydrogen-bond donors (Lipinski definition) is 1. The molecule has 1 saturated carbocycles. The summed E-state index contributed by atoms with van der Waals surface area (Å²) in [7, 11) is -3.56. The Morgan fingerprint density at radius 3 is 2.54 bits per heavy atom. The van der Waals surface area contributed by atoms with Crippen molar-refractivity contribution in [3.63, 3.8) is 0 Å². The van der Waals surface area contributed by atoms with Crippen LogP contribution in [0.2, 0.25) is 5.02 Å². The van der Waals surface area contributed by atoms with Crippen molar-refractivity contribution >= 4 is 21.6 Å². The molecule has 2 fully saturated rings. The molecule has 2 aromatic rings. The zero-order chi connectivity index (χ0) is 18.4. The SMILES string of the molecule is NC1(c2noc(-c3cc(S(=O)(=O)N4CCCCC4)ccc3Cl)n2)CCC1. The van der Waals surface area contributed by atoms with E-state index in [1.165, 1.54) is 16.4 Å². The number of nitrogens with two attached hydrogens (primary N) is 1. The van der Waals surface area contributed by atoms with E-state index in [9.17, 15) is 8.42 Å². The first-order valence-corrected chi connectivity index (χ1v) is 10.7. The Labute approximate surface area is 157 Å². The van der Waals surface area contributed by atoms with E-state index in [2.05, 4.69) is 10.1 Å². The summed E-state index contributed by atoms with van der Waals surface area (Å²) in [4.78, 5) is 4.56. The molecule has 0 bridgehead atoms. The number of halogens is 1. The molecule has 9 heteroatoms. The van der Waals surface area contributed by atoms with Crippen molar-refractivity contribution in [2.75, 3.05) is 13.1 Å². The lowest BCUT2D eigenvalue weighted by atomic mass is 9.77. The first kappa shape index (κ1) is 17.9. The fraction of sp³-hybridized carbons (Fsp3) is 0.529. The number of rotatable bonds is 4. The molecular weight excluding hydrogens is 376 g/mol. The second-order valence-electron chi connectivity index (χ2n) is 7.04. The Morgan fingerprint density at radius 1 is 1.15 bits per heavy atom. The molecule has 4 rings (SSSR count). The van der Waals surface area contributed by atoms with Crippen molar-refractivity contribution in [1.29, 1.82) is 0 Å². The molecule has 2 aliphatic rings. The van der Waals surface area contributed by atoms with Gasteiger partial charge in [-0.2, -0.15) is 9.29 Å². The van der Waals surface area contributed by atoms with Crippen molar-refractivity contribution in [2.45, 2.75) is 49.0 Å². The van der Waals surface area contributed by atoms with Crippen LogP contribution in [0.25, 0.3) is 11.5 Å². The molecule has 140 valence electrons. The standard InChI is InChI=1S/C17H21ClN4O3S/c18-14-6-5-12(26(23,24)22-9-2-1-3-10-22)11-13(14)15-20-16(21-25-15)17(19)7-4-8-17/h5-6,11H,1-4,7-10,19H2. The first-order chi connectivity index (χ1) is 12.4. The third-order valence-electron chi connectivity index (χ3n) is 5.24. The largest absolute Gasteiger partial charge is 0.334 e. The summed E-state index contributed by atoms with van der Waals surface area (Å²) in [6.07, 6.45) is 5.47.